The fourth-order valence-corrected chi connectivity index (χ4v) is 8.71. The van der Waals surface area contributed by atoms with Crippen molar-refractivity contribution in [1.29, 1.82) is 0 Å². The minimum Gasteiger partial charge on any atom is -0.411 e. The number of carbonyl (C=O) groups is 2. The van der Waals surface area contributed by atoms with Gasteiger partial charge in [0, 0.05) is 43.8 Å². The van der Waals surface area contributed by atoms with Gasteiger partial charge in [-0.05, 0) is 65.6 Å². The molecule has 1 aliphatic rings. The number of rotatable bonds is 15. The molecule has 54 heavy (non-hydrogen) atoms. The molecule has 0 aliphatic carbocycles. The van der Waals surface area contributed by atoms with Crippen LogP contribution in [0.1, 0.15) is 57.0 Å². The number of benzene rings is 3. The monoisotopic (exact) mass is 756 g/mol. The number of pyridine rings is 1. The van der Waals surface area contributed by atoms with Crippen molar-refractivity contribution in [2.75, 3.05) is 26.2 Å². The molecular formula is C41H52N6O6S. The van der Waals surface area contributed by atoms with Gasteiger partial charge in [0.05, 0.1) is 28.8 Å². The first kappa shape index (κ1) is 40.3. The van der Waals surface area contributed by atoms with Crippen molar-refractivity contribution in [3.63, 3.8) is 0 Å². The number of nitrogens with zero attached hydrogens (tertiary/aromatic N) is 5. The number of carbonyl (C=O) groups excluding carboxylic acids is 2. The molecular weight excluding hydrogens is 705 g/mol. The Morgan fingerprint density at radius 2 is 1.67 bits per heavy atom. The van der Waals surface area contributed by atoms with E-state index in [2.05, 4.69) is 15.5 Å². The fourth-order valence-electron chi connectivity index (χ4n) is 7.09. The number of sulfonamides is 1. The lowest BCUT2D eigenvalue weighted by Crippen LogP contribution is -2.59. The van der Waals surface area contributed by atoms with E-state index in [-0.39, 0.29) is 36.4 Å². The van der Waals surface area contributed by atoms with E-state index >= 15 is 0 Å². The predicted octanol–water partition coefficient (Wildman–Crippen LogP) is 5.44. The van der Waals surface area contributed by atoms with Gasteiger partial charge in [0.1, 0.15) is 6.04 Å². The highest BCUT2D eigenvalue weighted by Crippen LogP contribution is 2.30. The van der Waals surface area contributed by atoms with Crippen molar-refractivity contribution < 1.29 is 28.3 Å². The van der Waals surface area contributed by atoms with Gasteiger partial charge in [-0.15, -0.1) is 0 Å². The molecule has 1 fully saturated rings. The third-order valence-corrected chi connectivity index (χ3v) is 11.4. The van der Waals surface area contributed by atoms with E-state index in [4.69, 9.17) is 5.21 Å². The maximum atomic E-state index is 14.5. The van der Waals surface area contributed by atoms with Crippen LogP contribution in [0.3, 0.4) is 0 Å². The van der Waals surface area contributed by atoms with Crippen molar-refractivity contribution in [2.45, 2.75) is 77.6 Å². The molecule has 3 atom stereocenters. The third kappa shape index (κ3) is 9.62. The number of oxime groups is 1. The molecule has 13 heteroatoms. The summed E-state index contributed by atoms with van der Waals surface area (Å²) in [6, 6.07) is 23.1. The van der Waals surface area contributed by atoms with Crippen molar-refractivity contribution in [1.82, 2.24) is 24.4 Å². The first-order chi connectivity index (χ1) is 25.6. The smallest absolute Gasteiger partial charge is 0.321 e. The number of amides is 3. The predicted molar refractivity (Wildman–Crippen MR) is 210 cm³/mol. The molecule has 3 aromatic carbocycles. The number of aliphatic hydroxyl groups excluding tert-OH is 1. The summed E-state index contributed by atoms with van der Waals surface area (Å²) in [7, 11) is -4.07. The lowest BCUT2D eigenvalue weighted by Gasteiger charge is -2.38. The molecule has 1 aromatic heterocycles. The normalized spacial score (nSPS) is 15.8. The van der Waals surface area contributed by atoms with Gasteiger partial charge in [-0.1, -0.05) is 100 Å². The largest absolute Gasteiger partial charge is 0.411 e. The van der Waals surface area contributed by atoms with Gasteiger partial charge < -0.3 is 25.4 Å². The minimum absolute atomic E-state index is 0.0221. The summed E-state index contributed by atoms with van der Waals surface area (Å²) in [5, 5.41) is 27.8. The van der Waals surface area contributed by atoms with Gasteiger partial charge >= 0.3 is 6.03 Å². The highest BCUT2D eigenvalue weighted by Gasteiger charge is 2.44. The Bertz CT molecular complexity index is 2050. The van der Waals surface area contributed by atoms with E-state index in [1.54, 1.807) is 9.80 Å². The molecule has 4 aromatic rings. The number of aromatic nitrogens is 1. The molecule has 0 bridgehead atoms. The highest BCUT2D eigenvalue weighted by atomic mass is 32.2. The molecule has 0 saturated carbocycles. The molecule has 0 radical (unpaired) electrons. The molecule has 1 unspecified atom stereocenters. The second kappa shape index (κ2) is 17.1. The van der Waals surface area contributed by atoms with Gasteiger partial charge in [0.2, 0.25) is 15.9 Å². The van der Waals surface area contributed by atoms with Crippen LogP contribution < -0.4 is 5.32 Å². The number of aliphatic hydroxyl groups is 1. The average molecular weight is 757 g/mol. The number of para-hydroxylation sites is 1. The average Bonchev–Trinajstić information content (AvgIpc) is 3.45. The molecule has 0 spiro atoms. The number of hydrogen-bond donors (Lipinski definition) is 3. The summed E-state index contributed by atoms with van der Waals surface area (Å²) in [4.78, 5) is 36.6. The van der Waals surface area contributed by atoms with Gasteiger partial charge in [0.15, 0.2) is 0 Å². The molecule has 3 N–H and O–H groups in total. The van der Waals surface area contributed by atoms with E-state index in [0.717, 1.165) is 27.7 Å². The minimum atomic E-state index is -4.07. The summed E-state index contributed by atoms with van der Waals surface area (Å²) < 4.78 is 29.2. The number of aryl methyl sites for hydroxylation is 1. The van der Waals surface area contributed by atoms with Crippen LogP contribution in [0.15, 0.2) is 95.0 Å². The molecule has 2 heterocycles. The maximum absolute atomic E-state index is 14.5. The molecule has 1 aliphatic heterocycles. The lowest BCUT2D eigenvalue weighted by molar-refractivity contribution is -0.130. The topological polar surface area (TPSA) is 156 Å². The van der Waals surface area contributed by atoms with Crippen LogP contribution in [-0.2, 0) is 27.8 Å². The Morgan fingerprint density at radius 1 is 1.00 bits per heavy atom. The van der Waals surface area contributed by atoms with E-state index in [1.807, 2.05) is 102 Å². The summed E-state index contributed by atoms with van der Waals surface area (Å²) in [6.45, 7) is 12.4. The van der Waals surface area contributed by atoms with Gasteiger partial charge in [-0.3, -0.25) is 9.78 Å². The first-order valence-electron chi connectivity index (χ1n) is 18.3. The summed E-state index contributed by atoms with van der Waals surface area (Å²) >= 11 is 0. The Kier molecular flexibility index (Phi) is 12.8. The van der Waals surface area contributed by atoms with Gasteiger partial charge in [0.25, 0.3) is 0 Å². The first-order valence-corrected chi connectivity index (χ1v) is 19.7. The van der Waals surface area contributed by atoms with Gasteiger partial charge in [-0.2, -0.15) is 4.31 Å². The summed E-state index contributed by atoms with van der Waals surface area (Å²) in [5.74, 6) is -0.499. The molecule has 3 amide bonds. The SMILES string of the molecule is Cc1cc(CN2CCN(C(C(=O)N[C@@H](Cc3ccccc3)[C@H](O)CN(CC(C)C)S(=O)(=O)c3ccc(/C=N/O)cc3)C(C)(C)C)C2=O)c2ccccc2n1. The van der Waals surface area contributed by atoms with Crippen molar-refractivity contribution in [3.8, 4) is 0 Å². The number of urea groups is 1. The summed E-state index contributed by atoms with van der Waals surface area (Å²) in [5.41, 5.74) is 3.37. The third-order valence-electron chi connectivity index (χ3n) is 9.57. The zero-order chi connectivity index (χ0) is 39.2. The Labute approximate surface area is 318 Å². The standard InChI is InChI=1S/C41H52N6O6S/c1-28(2)25-46(54(52,53)33-18-16-31(17-19-33)24-42-51)27-37(48)36(23-30-12-8-7-9-13-30)44-39(49)38(41(4,5)6)47-21-20-45(40(47)50)26-32-22-29(3)43-35-15-11-10-14-34(32)35/h7-19,22,24,28,36-38,48,51H,20-21,23,25-27H2,1-6H3,(H,44,49)/b42-24+/t36-,37+,38?/m0/s1. The Balaban J connectivity index is 1.40. The van der Waals surface area contributed by atoms with Crippen molar-refractivity contribution in [2.24, 2.45) is 16.5 Å². The van der Waals surface area contributed by atoms with Crippen LogP contribution >= 0.6 is 0 Å². The van der Waals surface area contributed by atoms with Crippen LogP contribution in [0.25, 0.3) is 10.9 Å². The van der Waals surface area contributed by atoms with Crippen molar-refractivity contribution in [3.05, 3.63) is 107 Å². The zero-order valence-corrected chi connectivity index (χ0v) is 32.7. The van der Waals surface area contributed by atoms with E-state index < -0.39 is 39.5 Å². The summed E-state index contributed by atoms with van der Waals surface area (Å²) in [6.07, 6.45) is 0.118. The molecule has 5 rings (SSSR count). The number of fused-ring (bicyclic) bond motifs is 1. The molecule has 12 nitrogen and oxygen atoms in total. The van der Waals surface area contributed by atoms with Crippen LogP contribution in [0.5, 0.6) is 0 Å². The van der Waals surface area contributed by atoms with Gasteiger partial charge in [-0.25, -0.2) is 13.2 Å². The van der Waals surface area contributed by atoms with Crippen LogP contribution in [0.4, 0.5) is 4.79 Å². The van der Waals surface area contributed by atoms with E-state index in [1.165, 1.54) is 34.8 Å². The van der Waals surface area contributed by atoms with E-state index in [9.17, 15) is 23.1 Å². The van der Waals surface area contributed by atoms with E-state index in [0.29, 0.717) is 25.2 Å². The van der Waals surface area contributed by atoms with Crippen molar-refractivity contribution >= 4 is 39.1 Å². The lowest BCUT2D eigenvalue weighted by atomic mass is 9.84. The number of hydrogen-bond acceptors (Lipinski definition) is 8. The zero-order valence-electron chi connectivity index (χ0n) is 31.9. The Morgan fingerprint density at radius 3 is 2.31 bits per heavy atom. The molecule has 1 saturated heterocycles. The second-order valence-corrected chi connectivity index (χ2v) is 17.4. The quantitative estimate of drug-likeness (QED) is 0.0829. The highest BCUT2D eigenvalue weighted by molar-refractivity contribution is 7.89. The van der Waals surface area contributed by atoms with Crippen LogP contribution in [0, 0.1) is 18.3 Å². The fraction of sp³-hybridized carbons (Fsp3) is 0.415. The second-order valence-electron chi connectivity index (χ2n) is 15.5. The maximum Gasteiger partial charge on any atom is 0.321 e. The Hall–Kier alpha value is -4.85. The van der Waals surface area contributed by atoms with Crippen LogP contribution in [-0.4, -0.2) is 100 Å². The molecule has 288 valence electrons. The van der Waals surface area contributed by atoms with Crippen LogP contribution in [0.2, 0.25) is 0 Å². The number of nitrogens with one attached hydrogen (secondary N) is 1.